The molecule has 0 amide bonds. The Hall–Kier alpha value is -3.57. The van der Waals surface area contributed by atoms with Crippen LogP contribution in [0.15, 0.2) is 84.9 Å². The van der Waals surface area contributed by atoms with Crippen molar-refractivity contribution in [2.24, 2.45) is 0 Å². The van der Waals surface area contributed by atoms with E-state index in [0.29, 0.717) is 6.54 Å². The van der Waals surface area contributed by atoms with Gasteiger partial charge < -0.3 is 9.47 Å². The normalized spacial score (nSPS) is 11.0. The molecule has 0 atom stereocenters. The molecular weight excluding hydrogens is 386 g/mol. The van der Waals surface area contributed by atoms with Crippen LogP contribution < -0.4 is 9.47 Å². The van der Waals surface area contributed by atoms with Gasteiger partial charge in [-0.2, -0.15) is 5.10 Å². The minimum Gasteiger partial charge on any atom is -0.497 e. The summed E-state index contributed by atoms with van der Waals surface area (Å²) in [5, 5.41) is 4.95. The van der Waals surface area contributed by atoms with Gasteiger partial charge in [-0.1, -0.05) is 60.7 Å². The van der Waals surface area contributed by atoms with Gasteiger partial charge in [0.1, 0.15) is 11.4 Å². The zero-order valence-corrected chi connectivity index (χ0v) is 18.2. The molecule has 0 aliphatic rings. The second kappa shape index (κ2) is 9.49. The van der Waals surface area contributed by atoms with Crippen molar-refractivity contribution in [2.75, 3.05) is 21.3 Å². The molecule has 0 fully saturated rings. The first-order chi connectivity index (χ1) is 15.2. The summed E-state index contributed by atoms with van der Waals surface area (Å²) in [6.07, 6.45) is 0. The van der Waals surface area contributed by atoms with Crippen molar-refractivity contribution in [3.05, 3.63) is 96.1 Å². The lowest BCUT2D eigenvalue weighted by atomic mass is 10.1. The molecule has 158 valence electrons. The van der Waals surface area contributed by atoms with Gasteiger partial charge in [-0.25, -0.2) is 4.68 Å². The van der Waals surface area contributed by atoms with Crippen LogP contribution >= 0.6 is 0 Å². The van der Waals surface area contributed by atoms with E-state index in [1.807, 2.05) is 65.3 Å². The Morgan fingerprint density at radius 2 is 1.42 bits per heavy atom. The number of nitrogens with zero attached hydrogens (tertiary/aromatic N) is 3. The summed E-state index contributed by atoms with van der Waals surface area (Å²) in [6.45, 7) is 1.50. The van der Waals surface area contributed by atoms with Crippen LogP contribution in [0.3, 0.4) is 0 Å². The summed E-state index contributed by atoms with van der Waals surface area (Å²) < 4.78 is 13.0. The largest absolute Gasteiger partial charge is 0.497 e. The number of hydrogen-bond donors (Lipinski definition) is 0. The average molecular weight is 414 g/mol. The molecule has 0 bridgehead atoms. The number of rotatable bonds is 8. The Morgan fingerprint density at radius 3 is 2.03 bits per heavy atom. The Labute approximate surface area is 183 Å². The average Bonchev–Trinajstić information content (AvgIpc) is 3.18. The standard InChI is InChI=1S/C26H27N3O2/c1-28(18-20-14-16-23(30-2)17-15-20)19-24-25(21-10-6-4-7-11-21)27-29(26(24)31-3)22-12-8-5-9-13-22/h4-17H,18-19H2,1-3H3. The van der Waals surface area contributed by atoms with Crippen LogP contribution in [-0.4, -0.2) is 35.9 Å². The van der Waals surface area contributed by atoms with Gasteiger partial charge in [0.15, 0.2) is 0 Å². The summed E-state index contributed by atoms with van der Waals surface area (Å²) in [7, 11) is 5.50. The zero-order chi connectivity index (χ0) is 21.6. The third kappa shape index (κ3) is 4.62. The summed E-state index contributed by atoms with van der Waals surface area (Å²) in [6, 6.07) is 28.5. The molecule has 0 unspecified atom stereocenters. The van der Waals surface area contributed by atoms with Gasteiger partial charge in [-0.15, -0.1) is 0 Å². The van der Waals surface area contributed by atoms with Gasteiger partial charge in [-0.05, 0) is 36.9 Å². The van der Waals surface area contributed by atoms with Gasteiger partial charge in [0.25, 0.3) is 0 Å². The Kier molecular flexibility index (Phi) is 6.34. The molecule has 4 rings (SSSR count). The highest BCUT2D eigenvalue weighted by molar-refractivity contribution is 5.66. The SMILES string of the molecule is COc1ccc(CN(C)Cc2c(-c3ccccc3)nn(-c3ccccc3)c2OC)cc1. The smallest absolute Gasteiger partial charge is 0.221 e. The van der Waals surface area contributed by atoms with E-state index in [9.17, 15) is 0 Å². The van der Waals surface area contributed by atoms with Crippen LogP contribution in [0.2, 0.25) is 0 Å². The van der Waals surface area contributed by atoms with Crippen molar-refractivity contribution < 1.29 is 9.47 Å². The highest BCUT2D eigenvalue weighted by atomic mass is 16.5. The molecule has 31 heavy (non-hydrogen) atoms. The second-order valence-electron chi connectivity index (χ2n) is 7.47. The molecule has 5 heteroatoms. The molecule has 0 aliphatic carbocycles. The third-order valence-electron chi connectivity index (χ3n) is 5.22. The number of ether oxygens (including phenoxy) is 2. The fraction of sp³-hybridized carbons (Fsp3) is 0.192. The molecule has 1 heterocycles. The molecule has 1 aromatic heterocycles. The molecule has 0 aliphatic heterocycles. The molecule has 0 saturated carbocycles. The quantitative estimate of drug-likeness (QED) is 0.399. The predicted molar refractivity (Wildman–Crippen MR) is 124 cm³/mol. The maximum Gasteiger partial charge on any atom is 0.221 e. The van der Waals surface area contributed by atoms with Crippen LogP contribution in [0.4, 0.5) is 0 Å². The maximum atomic E-state index is 5.87. The van der Waals surface area contributed by atoms with Gasteiger partial charge in [-0.3, -0.25) is 4.90 Å². The van der Waals surface area contributed by atoms with Crippen molar-refractivity contribution >= 4 is 0 Å². The summed E-state index contributed by atoms with van der Waals surface area (Å²) in [4.78, 5) is 2.27. The van der Waals surface area contributed by atoms with Crippen molar-refractivity contribution in [3.63, 3.8) is 0 Å². The van der Waals surface area contributed by atoms with Gasteiger partial charge in [0.2, 0.25) is 5.88 Å². The molecule has 4 aromatic rings. The van der Waals surface area contributed by atoms with Crippen molar-refractivity contribution in [2.45, 2.75) is 13.1 Å². The molecule has 3 aromatic carbocycles. The number of hydrogen-bond acceptors (Lipinski definition) is 4. The lowest BCUT2D eigenvalue weighted by Gasteiger charge is -2.18. The highest BCUT2D eigenvalue weighted by Crippen LogP contribution is 2.33. The minimum absolute atomic E-state index is 0.701. The van der Waals surface area contributed by atoms with Crippen LogP contribution in [0.5, 0.6) is 11.6 Å². The van der Waals surface area contributed by atoms with E-state index < -0.39 is 0 Å². The second-order valence-corrected chi connectivity index (χ2v) is 7.47. The van der Waals surface area contributed by atoms with Crippen molar-refractivity contribution in [3.8, 4) is 28.6 Å². The first kappa shape index (κ1) is 20.7. The predicted octanol–water partition coefficient (Wildman–Crippen LogP) is 5.19. The van der Waals surface area contributed by atoms with Gasteiger partial charge in [0.05, 0.1) is 25.5 Å². The van der Waals surface area contributed by atoms with E-state index in [1.54, 1.807) is 14.2 Å². The summed E-state index contributed by atoms with van der Waals surface area (Å²) >= 11 is 0. The monoisotopic (exact) mass is 413 g/mol. The van der Waals surface area contributed by atoms with Crippen LogP contribution in [-0.2, 0) is 13.1 Å². The Balaban J connectivity index is 1.69. The topological polar surface area (TPSA) is 39.5 Å². The fourth-order valence-corrected chi connectivity index (χ4v) is 3.73. The number of benzene rings is 3. The van der Waals surface area contributed by atoms with E-state index in [4.69, 9.17) is 14.6 Å². The van der Waals surface area contributed by atoms with E-state index in [-0.39, 0.29) is 0 Å². The van der Waals surface area contributed by atoms with Crippen molar-refractivity contribution in [1.82, 2.24) is 14.7 Å². The third-order valence-corrected chi connectivity index (χ3v) is 5.22. The Bertz CT molecular complexity index is 1110. The van der Waals surface area contributed by atoms with Crippen LogP contribution in [0.1, 0.15) is 11.1 Å². The molecule has 0 radical (unpaired) electrons. The van der Waals surface area contributed by atoms with Crippen molar-refractivity contribution in [1.29, 1.82) is 0 Å². The lowest BCUT2D eigenvalue weighted by Crippen LogP contribution is -2.18. The van der Waals surface area contributed by atoms with Gasteiger partial charge >= 0.3 is 0 Å². The van der Waals surface area contributed by atoms with Gasteiger partial charge in [0, 0.05) is 18.7 Å². The number of para-hydroxylation sites is 1. The van der Waals surface area contributed by atoms with E-state index >= 15 is 0 Å². The molecule has 5 nitrogen and oxygen atoms in total. The Morgan fingerprint density at radius 1 is 0.774 bits per heavy atom. The molecule has 0 spiro atoms. The fourth-order valence-electron chi connectivity index (χ4n) is 3.73. The van der Waals surface area contributed by atoms with E-state index in [0.717, 1.165) is 40.7 Å². The number of methoxy groups -OCH3 is 2. The molecular formula is C26H27N3O2. The minimum atomic E-state index is 0.701. The highest BCUT2D eigenvalue weighted by Gasteiger charge is 2.22. The van der Waals surface area contributed by atoms with E-state index in [1.165, 1.54) is 5.56 Å². The van der Waals surface area contributed by atoms with E-state index in [2.05, 4.69) is 36.2 Å². The molecule has 0 saturated heterocycles. The molecule has 0 N–H and O–H groups in total. The first-order valence-corrected chi connectivity index (χ1v) is 10.3. The first-order valence-electron chi connectivity index (χ1n) is 10.3. The summed E-state index contributed by atoms with van der Waals surface area (Å²) in [5.74, 6) is 1.62. The zero-order valence-electron chi connectivity index (χ0n) is 18.2. The lowest BCUT2D eigenvalue weighted by molar-refractivity contribution is 0.307. The summed E-state index contributed by atoms with van der Waals surface area (Å²) in [5.41, 5.74) is 5.26. The van der Waals surface area contributed by atoms with Crippen LogP contribution in [0.25, 0.3) is 16.9 Å². The maximum absolute atomic E-state index is 5.87. The number of aromatic nitrogens is 2. The van der Waals surface area contributed by atoms with Crippen LogP contribution in [0, 0.1) is 0 Å².